The van der Waals surface area contributed by atoms with Crippen LogP contribution in [0.3, 0.4) is 0 Å². The molecule has 0 radical (unpaired) electrons. The number of unbranched alkanes of at least 4 members (excludes halogenated alkanes) is 20. The molecule has 0 aromatic carbocycles. The number of ether oxygens (including phenoxy) is 3. The molecule has 0 amide bonds. The molecule has 0 aromatic rings. The fourth-order valence-electron chi connectivity index (χ4n) is 7.05. The summed E-state index contributed by atoms with van der Waals surface area (Å²) >= 11 is 0. The molecular weight excluding hydrogens is 829 g/mol. The lowest BCUT2D eigenvalue weighted by molar-refractivity contribution is -0.167. The van der Waals surface area contributed by atoms with Gasteiger partial charge in [-0.3, -0.25) is 14.4 Å². The van der Waals surface area contributed by atoms with Crippen LogP contribution in [-0.2, 0) is 28.6 Å². The first-order chi connectivity index (χ1) is 33.0. The van der Waals surface area contributed by atoms with Crippen molar-refractivity contribution in [1.29, 1.82) is 0 Å². The highest BCUT2D eigenvalue weighted by molar-refractivity contribution is 5.71. The highest BCUT2D eigenvalue weighted by Crippen LogP contribution is 2.14. The first-order valence-corrected chi connectivity index (χ1v) is 27.1. The van der Waals surface area contributed by atoms with E-state index in [1.807, 2.05) is 54.7 Å². The second-order valence-electron chi connectivity index (χ2n) is 17.5. The zero-order valence-electron chi connectivity index (χ0n) is 43.1. The Morgan fingerprint density at radius 1 is 0.328 bits per heavy atom. The largest absolute Gasteiger partial charge is 0.462 e. The predicted octanol–water partition coefficient (Wildman–Crippen LogP) is 18.1. The quantitative estimate of drug-likeness (QED) is 0.0199. The highest BCUT2D eigenvalue weighted by atomic mass is 16.6. The van der Waals surface area contributed by atoms with E-state index in [1.165, 1.54) is 89.9 Å². The van der Waals surface area contributed by atoms with Crippen LogP contribution in [0, 0.1) is 0 Å². The maximum atomic E-state index is 12.8. The lowest BCUT2D eigenvalue weighted by atomic mass is 10.1. The van der Waals surface area contributed by atoms with Crippen LogP contribution < -0.4 is 0 Å². The Hall–Kier alpha value is -4.19. The number of allylic oxidation sites excluding steroid dienone is 20. The van der Waals surface area contributed by atoms with Crippen LogP contribution in [0.25, 0.3) is 0 Å². The molecule has 0 aliphatic carbocycles. The Labute approximate surface area is 412 Å². The Balaban J connectivity index is 4.50. The summed E-state index contributed by atoms with van der Waals surface area (Å²) < 4.78 is 16.7. The number of carbonyl (C=O) groups excluding carboxylic acids is 3. The van der Waals surface area contributed by atoms with Gasteiger partial charge in [-0.05, 0) is 96.3 Å². The molecule has 0 spiro atoms. The molecule has 0 bridgehead atoms. The van der Waals surface area contributed by atoms with Gasteiger partial charge < -0.3 is 14.2 Å². The minimum atomic E-state index is -0.818. The third-order valence-electron chi connectivity index (χ3n) is 11.1. The number of hydrogen-bond donors (Lipinski definition) is 0. The average molecular weight is 927 g/mol. The fraction of sp³-hybridized carbons (Fsp3) is 0.623. The first-order valence-electron chi connectivity index (χ1n) is 27.1. The minimum absolute atomic E-state index is 0.113. The normalized spacial score (nSPS) is 13.1. The lowest BCUT2D eigenvalue weighted by Crippen LogP contribution is -2.30. The minimum Gasteiger partial charge on any atom is -0.462 e. The molecule has 378 valence electrons. The van der Waals surface area contributed by atoms with Crippen molar-refractivity contribution < 1.29 is 28.6 Å². The molecule has 0 aliphatic heterocycles. The molecule has 67 heavy (non-hydrogen) atoms. The second kappa shape index (κ2) is 54.4. The number of rotatable bonds is 47. The molecular formula is C61H98O6. The number of esters is 3. The van der Waals surface area contributed by atoms with E-state index >= 15 is 0 Å². The Kier molecular flexibility index (Phi) is 51.0. The molecule has 0 aliphatic rings. The summed E-state index contributed by atoms with van der Waals surface area (Å²) in [7, 11) is 0. The van der Waals surface area contributed by atoms with E-state index in [0.29, 0.717) is 19.3 Å². The van der Waals surface area contributed by atoms with Gasteiger partial charge in [-0.1, -0.05) is 232 Å². The van der Waals surface area contributed by atoms with Gasteiger partial charge in [0.15, 0.2) is 6.10 Å². The summed E-state index contributed by atoms with van der Waals surface area (Å²) in [6.07, 6.45) is 74.8. The Morgan fingerprint density at radius 3 is 1.15 bits per heavy atom. The predicted molar refractivity (Wildman–Crippen MR) is 288 cm³/mol. The van der Waals surface area contributed by atoms with Gasteiger partial charge in [0.25, 0.3) is 0 Å². The van der Waals surface area contributed by atoms with E-state index in [4.69, 9.17) is 14.2 Å². The van der Waals surface area contributed by atoms with Crippen LogP contribution in [0.4, 0.5) is 0 Å². The third-order valence-corrected chi connectivity index (χ3v) is 11.1. The average Bonchev–Trinajstić information content (AvgIpc) is 3.33. The van der Waals surface area contributed by atoms with Crippen molar-refractivity contribution in [3.8, 4) is 0 Å². The van der Waals surface area contributed by atoms with Crippen molar-refractivity contribution in [1.82, 2.24) is 0 Å². The topological polar surface area (TPSA) is 78.9 Å². The van der Waals surface area contributed by atoms with E-state index < -0.39 is 6.10 Å². The summed E-state index contributed by atoms with van der Waals surface area (Å²) in [5.41, 5.74) is 0. The molecule has 0 fully saturated rings. The van der Waals surface area contributed by atoms with E-state index in [9.17, 15) is 14.4 Å². The standard InChI is InChI=1S/C61H98O6/c1-4-7-10-13-16-19-22-25-27-29-30-32-33-36-39-42-45-48-51-54-60(63)66-57-58(56-65-59(62)53-50-47-44-41-38-35-24-21-18-15-12-9-6-3)67-61(64)55-52-49-46-43-40-37-34-31-28-26-23-20-17-14-11-8-5-2/h7,9-10,12,15-16,18-19,21,24-28,30,32,35,38,41,44,58H,4-6,8,11,13-14,17,20,22-23,29,31,33-34,36-37,39-40,42-43,45-57H2,1-3H3/b10-7-,12-9-,18-15-,19-16-,24-21-,27-25-,28-26-,32-30-,38-35-,44-41-. The molecule has 0 heterocycles. The molecule has 6 heteroatoms. The summed E-state index contributed by atoms with van der Waals surface area (Å²) in [6.45, 7) is 6.29. The SMILES string of the molecule is CC\C=C/C=C\C=C/C=C\C=C/CCCC(=O)OCC(COC(=O)CCCCCCCC/C=C\C/C=C\C/C=C\C/C=C\CC)OC(=O)CCCCCCCCC/C=C\CCCCCCCC. The van der Waals surface area contributed by atoms with Crippen molar-refractivity contribution in [3.63, 3.8) is 0 Å². The summed E-state index contributed by atoms with van der Waals surface area (Å²) in [6, 6.07) is 0. The second-order valence-corrected chi connectivity index (χ2v) is 17.5. The van der Waals surface area contributed by atoms with Crippen molar-refractivity contribution in [2.24, 2.45) is 0 Å². The van der Waals surface area contributed by atoms with Crippen LogP contribution in [0.1, 0.15) is 226 Å². The van der Waals surface area contributed by atoms with E-state index in [1.54, 1.807) is 0 Å². The molecule has 1 atom stereocenters. The molecule has 0 saturated carbocycles. The van der Waals surface area contributed by atoms with Gasteiger partial charge in [0.2, 0.25) is 0 Å². The highest BCUT2D eigenvalue weighted by Gasteiger charge is 2.19. The van der Waals surface area contributed by atoms with Gasteiger partial charge in [0.1, 0.15) is 13.2 Å². The molecule has 6 nitrogen and oxygen atoms in total. The summed E-state index contributed by atoms with van der Waals surface area (Å²) in [4.78, 5) is 38.0. The maximum Gasteiger partial charge on any atom is 0.306 e. The van der Waals surface area contributed by atoms with E-state index in [-0.39, 0.29) is 37.5 Å². The van der Waals surface area contributed by atoms with Crippen LogP contribution in [-0.4, -0.2) is 37.2 Å². The summed E-state index contributed by atoms with van der Waals surface area (Å²) in [5, 5.41) is 0. The zero-order valence-corrected chi connectivity index (χ0v) is 43.1. The first kappa shape index (κ1) is 62.8. The molecule has 1 unspecified atom stereocenters. The van der Waals surface area contributed by atoms with Gasteiger partial charge in [-0.2, -0.15) is 0 Å². The summed E-state index contributed by atoms with van der Waals surface area (Å²) in [5.74, 6) is -1.01. The molecule has 0 saturated heterocycles. The maximum absolute atomic E-state index is 12.8. The molecule has 0 N–H and O–H groups in total. The third kappa shape index (κ3) is 52.6. The Bertz CT molecular complexity index is 1440. The van der Waals surface area contributed by atoms with Crippen molar-refractivity contribution >= 4 is 17.9 Å². The van der Waals surface area contributed by atoms with Gasteiger partial charge >= 0.3 is 17.9 Å². The van der Waals surface area contributed by atoms with E-state index in [2.05, 4.69) is 87.6 Å². The molecule has 0 aromatic heterocycles. The van der Waals surface area contributed by atoms with Crippen LogP contribution in [0.5, 0.6) is 0 Å². The molecule has 0 rings (SSSR count). The number of carbonyl (C=O) groups is 3. The van der Waals surface area contributed by atoms with Crippen LogP contribution in [0.2, 0.25) is 0 Å². The van der Waals surface area contributed by atoms with Crippen LogP contribution in [0.15, 0.2) is 122 Å². The smallest absolute Gasteiger partial charge is 0.306 e. The van der Waals surface area contributed by atoms with Gasteiger partial charge in [0.05, 0.1) is 0 Å². The Morgan fingerprint density at radius 2 is 0.672 bits per heavy atom. The van der Waals surface area contributed by atoms with Gasteiger partial charge in [0, 0.05) is 19.3 Å². The number of hydrogen-bond acceptors (Lipinski definition) is 6. The monoisotopic (exact) mass is 927 g/mol. The van der Waals surface area contributed by atoms with E-state index in [0.717, 1.165) is 89.9 Å². The fourth-order valence-corrected chi connectivity index (χ4v) is 7.05. The van der Waals surface area contributed by atoms with Crippen molar-refractivity contribution in [2.75, 3.05) is 13.2 Å². The van der Waals surface area contributed by atoms with Gasteiger partial charge in [-0.25, -0.2) is 0 Å². The lowest BCUT2D eigenvalue weighted by Gasteiger charge is -2.18. The zero-order chi connectivity index (χ0) is 48.6. The van der Waals surface area contributed by atoms with Gasteiger partial charge in [-0.15, -0.1) is 0 Å². The van der Waals surface area contributed by atoms with Crippen molar-refractivity contribution in [2.45, 2.75) is 232 Å². The van der Waals surface area contributed by atoms with Crippen molar-refractivity contribution in [3.05, 3.63) is 122 Å². The van der Waals surface area contributed by atoms with Crippen LogP contribution >= 0.6 is 0 Å².